The summed E-state index contributed by atoms with van der Waals surface area (Å²) in [6, 6.07) is 33.9. The van der Waals surface area contributed by atoms with Gasteiger partial charge in [0.05, 0.1) is 0 Å². The Kier molecular flexibility index (Phi) is 4.62. The summed E-state index contributed by atoms with van der Waals surface area (Å²) in [4.78, 5) is 0. The molecule has 1 N–H and O–H groups in total. The van der Waals surface area contributed by atoms with Crippen LogP contribution in [0.4, 0.5) is 11.4 Å². The van der Waals surface area contributed by atoms with Crippen molar-refractivity contribution < 1.29 is 4.42 Å². The van der Waals surface area contributed by atoms with Crippen molar-refractivity contribution in [3.05, 3.63) is 114 Å². The first-order chi connectivity index (χ1) is 15.9. The minimum atomic E-state index is 0.976. The van der Waals surface area contributed by atoms with Crippen molar-refractivity contribution in [2.75, 3.05) is 5.32 Å². The van der Waals surface area contributed by atoms with Gasteiger partial charge in [-0.05, 0) is 35.7 Å². The second-order valence-corrected chi connectivity index (χ2v) is 8.18. The summed E-state index contributed by atoms with van der Waals surface area (Å²) in [6.45, 7) is 0. The largest absolute Gasteiger partial charge is 0.460 e. The van der Waals surface area contributed by atoms with Gasteiger partial charge in [-0.3, -0.25) is 0 Å². The van der Waals surface area contributed by atoms with E-state index in [1.54, 1.807) is 0 Å². The molecule has 0 aliphatic heterocycles. The van der Waals surface area contributed by atoms with Gasteiger partial charge in [-0.1, -0.05) is 91.0 Å². The number of nitrogens with one attached hydrogen (secondary N) is 1. The van der Waals surface area contributed by atoms with Crippen molar-refractivity contribution >= 4 is 28.4 Å². The molecule has 5 aromatic rings. The molecule has 0 saturated carbocycles. The number of furan rings is 1. The van der Waals surface area contributed by atoms with Gasteiger partial charge in [0.25, 0.3) is 0 Å². The Balaban J connectivity index is 1.33. The molecule has 2 heteroatoms. The minimum absolute atomic E-state index is 0.976. The quantitative estimate of drug-likeness (QED) is 0.320. The second-order valence-electron chi connectivity index (χ2n) is 8.18. The third kappa shape index (κ3) is 3.30. The molecule has 1 aliphatic carbocycles. The summed E-state index contributed by atoms with van der Waals surface area (Å²) >= 11 is 0. The molecule has 0 radical (unpaired) electrons. The fourth-order valence-corrected chi connectivity index (χ4v) is 4.55. The SMILES string of the molecule is C1=Cc2c(oc3c(-c4ccc(Nc5ccccc5-c5ccccc5)cc4)cccc23)CC1. The van der Waals surface area contributed by atoms with Crippen molar-refractivity contribution in [3.63, 3.8) is 0 Å². The normalized spacial score (nSPS) is 12.6. The number of anilines is 2. The van der Waals surface area contributed by atoms with Crippen LogP contribution in [-0.2, 0) is 6.42 Å². The fraction of sp³-hybridized carbons (Fsp3) is 0.0667. The highest BCUT2D eigenvalue weighted by Gasteiger charge is 2.17. The molecule has 154 valence electrons. The lowest BCUT2D eigenvalue weighted by Crippen LogP contribution is -1.93. The summed E-state index contributed by atoms with van der Waals surface area (Å²) in [6.07, 6.45) is 6.46. The zero-order valence-electron chi connectivity index (χ0n) is 17.7. The van der Waals surface area contributed by atoms with Crippen LogP contribution in [0.25, 0.3) is 39.3 Å². The summed E-state index contributed by atoms with van der Waals surface area (Å²) in [5.74, 6) is 1.10. The number of aryl methyl sites for hydroxylation is 1. The smallest absolute Gasteiger partial charge is 0.142 e. The maximum atomic E-state index is 6.30. The Bertz CT molecular complexity index is 1430. The van der Waals surface area contributed by atoms with Crippen molar-refractivity contribution in [1.29, 1.82) is 0 Å². The molecule has 1 aliphatic rings. The topological polar surface area (TPSA) is 25.2 Å². The van der Waals surface area contributed by atoms with Gasteiger partial charge in [0.15, 0.2) is 0 Å². The molecule has 0 unspecified atom stereocenters. The van der Waals surface area contributed by atoms with E-state index in [9.17, 15) is 0 Å². The minimum Gasteiger partial charge on any atom is -0.460 e. The van der Waals surface area contributed by atoms with Crippen LogP contribution >= 0.6 is 0 Å². The number of hydrogen-bond acceptors (Lipinski definition) is 2. The molecule has 4 aromatic carbocycles. The molecule has 0 spiro atoms. The Morgan fingerprint density at radius 1 is 0.656 bits per heavy atom. The summed E-state index contributed by atoms with van der Waals surface area (Å²) in [7, 11) is 0. The summed E-state index contributed by atoms with van der Waals surface area (Å²) in [5.41, 5.74) is 9.08. The van der Waals surface area contributed by atoms with Crippen molar-refractivity contribution in [2.45, 2.75) is 12.8 Å². The molecule has 1 heterocycles. The molecule has 0 saturated heterocycles. The van der Waals surface area contributed by atoms with Crippen LogP contribution in [0.2, 0.25) is 0 Å². The summed E-state index contributed by atoms with van der Waals surface area (Å²) in [5, 5.41) is 4.80. The highest BCUT2D eigenvalue weighted by Crippen LogP contribution is 2.37. The van der Waals surface area contributed by atoms with E-state index < -0.39 is 0 Å². The average molecular weight is 414 g/mol. The Morgan fingerprint density at radius 3 is 2.28 bits per heavy atom. The van der Waals surface area contributed by atoms with Crippen molar-refractivity contribution in [1.82, 2.24) is 0 Å². The molecular weight excluding hydrogens is 390 g/mol. The average Bonchev–Trinajstić information content (AvgIpc) is 3.24. The zero-order chi connectivity index (χ0) is 21.3. The van der Waals surface area contributed by atoms with Crippen LogP contribution in [0.15, 0.2) is 108 Å². The third-order valence-corrected chi connectivity index (χ3v) is 6.14. The monoisotopic (exact) mass is 413 g/mol. The molecule has 2 nitrogen and oxygen atoms in total. The number of para-hydroxylation sites is 2. The zero-order valence-corrected chi connectivity index (χ0v) is 17.7. The van der Waals surface area contributed by atoms with Gasteiger partial charge in [-0.15, -0.1) is 0 Å². The number of rotatable bonds is 4. The number of benzene rings is 4. The Morgan fingerprint density at radius 2 is 1.41 bits per heavy atom. The van der Waals surface area contributed by atoms with Gasteiger partial charge in [0, 0.05) is 39.9 Å². The van der Waals surface area contributed by atoms with Gasteiger partial charge in [-0.25, -0.2) is 0 Å². The van der Waals surface area contributed by atoms with E-state index in [0.29, 0.717) is 0 Å². The van der Waals surface area contributed by atoms with Gasteiger partial charge >= 0.3 is 0 Å². The van der Waals surface area contributed by atoms with Gasteiger partial charge in [0.1, 0.15) is 11.3 Å². The molecule has 0 amide bonds. The number of allylic oxidation sites excluding steroid dienone is 1. The van der Waals surface area contributed by atoms with E-state index >= 15 is 0 Å². The highest BCUT2D eigenvalue weighted by atomic mass is 16.3. The lowest BCUT2D eigenvalue weighted by molar-refractivity contribution is 0.547. The standard InChI is InChI=1S/C30H23NO/c1-2-9-21(10-3-1)24-11-4-6-15-28(24)31-23-19-17-22(18-20-23)25-13-8-14-27-26-12-5-7-16-29(26)32-30(25)27/h1-6,8-15,17-20,31H,7,16H2. The first kappa shape index (κ1) is 18.7. The van der Waals surface area contributed by atoms with E-state index in [2.05, 4.69) is 108 Å². The lowest BCUT2D eigenvalue weighted by Gasteiger charge is -2.13. The lowest BCUT2D eigenvalue weighted by atomic mass is 9.99. The van der Waals surface area contributed by atoms with Crippen LogP contribution < -0.4 is 5.32 Å². The van der Waals surface area contributed by atoms with E-state index in [1.807, 2.05) is 6.07 Å². The van der Waals surface area contributed by atoms with E-state index in [4.69, 9.17) is 4.42 Å². The van der Waals surface area contributed by atoms with E-state index in [0.717, 1.165) is 46.7 Å². The predicted octanol–water partition coefficient (Wildman–Crippen LogP) is 8.47. The van der Waals surface area contributed by atoms with Gasteiger partial charge in [0.2, 0.25) is 0 Å². The number of hydrogen-bond donors (Lipinski definition) is 1. The molecule has 0 bridgehead atoms. The van der Waals surface area contributed by atoms with Crippen LogP contribution in [-0.4, -0.2) is 0 Å². The van der Waals surface area contributed by atoms with Crippen LogP contribution in [0.1, 0.15) is 17.7 Å². The number of fused-ring (bicyclic) bond motifs is 3. The molecule has 32 heavy (non-hydrogen) atoms. The first-order valence-corrected chi connectivity index (χ1v) is 11.1. The second kappa shape index (κ2) is 7.90. The maximum absolute atomic E-state index is 6.30. The van der Waals surface area contributed by atoms with Gasteiger partial charge < -0.3 is 9.73 Å². The summed E-state index contributed by atoms with van der Waals surface area (Å²) < 4.78 is 6.30. The van der Waals surface area contributed by atoms with Gasteiger partial charge in [-0.2, -0.15) is 0 Å². The third-order valence-electron chi connectivity index (χ3n) is 6.14. The fourth-order valence-electron chi connectivity index (χ4n) is 4.55. The van der Waals surface area contributed by atoms with Crippen LogP contribution in [0.3, 0.4) is 0 Å². The molecular formula is C30H23NO. The van der Waals surface area contributed by atoms with E-state index in [-0.39, 0.29) is 0 Å². The predicted molar refractivity (Wildman–Crippen MR) is 134 cm³/mol. The molecule has 1 aromatic heterocycles. The molecule has 0 fully saturated rings. The van der Waals surface area contributed by atoms with Crippen molar-refractivity contribution in [2.24, 2.45) is 0 Å². The van der Waals surface area contributed by atoms with E-state index in [1.165, 1.54) is 22.1 Å². The van der Waals surface area contributed by atoms with Crippen LogP contribution in [0, 0.1) is 0 Å². The van der Waals surface area contributed by atoms with Crippen molar-refractivity contribution in [3.8, 4) is 22.3 Å². The van der Waals surface area contributed by atoms with Crippen LogP contribution in [0.5, 0.6) is 0 Å². The first-order valence-electron chi connectivity index (χ1n) is 11.1. The molecule has 0 atom stereocenters. The molecule has 6 rings (SSSR count). The maximum Gasteiger partial charge on any atom is 0.142 e. The Hall–Kier alpha value is -4.04. The Labute approximate surface area is 187 Å². The highest BCUT2D eigenvalue weighted by molar-refractivity contribution is 5.98.